The van der Waals surface area contributed by atoms with Gasteiger partial charge in [-0.2, -0.15) is 13.2 Å². The van der Waals surface area contributed by atoms with Crippen LogP contribution in [0.5, 0.6) is 0 Å². The topological polar surface area (TPSA) is 57.2 Å². The first-order chi connectivity index (χ1) is 15.2. The van der Waals surface area contributed by atoms with Crippen LogP contribution < -0.4 is 4.90 Å². The number of hydrogen-bond donors (Lipinski definition) is 1. The summed E-state index contributed by atoms with van der Waals surface area (Å²) in [5, 5.41) is 0. The number of carbonyl (C=O) groups excluding carboxylic acids is 1. The number of nitrogens with one attached hydrogen (secondary N) is 1. The second-order valence-corrected chi connectivity index (χ2v) is 7.71. The number of benzene rings is 1. The van der Waals surface area contributed by atoms with Crippen molar-refractivity contribution in [2.24, 2.45) is 0 Å². The van der Waals surface area contributed by atoms with Crippen molar-refractivity contribution in [3.8, 4) is 5.69 Å². The van der Waals surface area contributed by atoms with Crippen LogP contribution in [0.2, 0.25) is 0 Å². The number of H-pyrrole nitrogens is 1. The van der Waals surface area contributed by atoms with Gasteiger partial charge in [0.25, 0.3) is 5.91 Å². The fourth-order valence-corrected chi connectivity index (χ4v) is 3.89. The first kappa shape index (κ1) is 22.0. The second kappa shape index (κ2) is 8.73. The molecule has 1 amide bonds. The molecule has 3 aromatic rings. The summed E-state index contributed by atoms with van der Waals surface area (Å²) in [6.45, 7) is 1.81. The SMILES string of the molecule is O=C(c1c[nH]c(=S)n1-c1ccc(F)cc1)N1CCCN(c2ccc(C(F)(F)F)cn2)CC1. The molecule has 0 atom stereocenters. The number of halogens is 4. The highest BCUT2D eigenvalue weighted by Gasteiger charge is 2.31. The molecule has 2 aromatic heterocycles. The Balaban J connectivity index is 1.50. The van der Waals surface area contributed by atoms with E-state index in [1.54, 1.807) is 9.47 Å². The number of aromatic nitrogens is 3. The van der Waals surface area contributed by atoms with Crippen LogP contribution in [0.25, 0.3) is 5.69 Å². The minimum Gasteiger partial charge on any atom is -0.355 e. The maximum Gasteiger partial charge on any atom is 0.417 e. The molecule has 1 aliphatic rings. The van der Waals surface area contributed by atoms with Crippen LogP contribution in [0.1, 0.15) is 22.5 Å². The molecule has 1 saturated heterocycles. The van der Waals surface area contributed by atoms with E-state index in [4.69, 9.17) is 12.2 Å². The summed E-state index contributed by atoms with van der Waals surface area (Å²) in [6.07, 6.45) is -1.47. The van der Waals surface area contributed by atoms with Crippen LogP contribution in [-0.2, 0) is 6.18 Å². The molecular formula is C21H19F4N5OS. The van der Waals surface area contributed by atoms with E-state index in [1.807, 2.05) is 4.90 Å². The first-order valence-corrected chi connectivity index (χ1v) is 10.3. The molecule has 1 fully saturated rings. The van der Waals surface area contributed by atoms with Gasteiger partial charge in [-0.05, 0) is 55.0 Å². The number of aromatic amines is 1. The van der Waals surface area contributed by atoms with E-state index in [0.29, 0.717) is 54.6 Å². The molecule has 0 aliphatic carbocycles. The fraction of sp³-hybridized carbons (Fsp3) is 0.286. The van der Waals surface area contributed by atoms with Crippen molar-refractivity contribution in [3.63, 3.8) is 0 Å². The summed E-state index contributed by atoms with van der Waals surface area (Å²) >= 11 is 5.30. The van der Waals surface area contributed by atoms with Crippen molar-refractivity contribution in [2.75, 3.05) is 31.1 Å². The van der Waals surface area contributed by atoms with Crippen LogP contribution >= 0.6 is 12.2 Å². The number of alkyl halides is 3. The van der Waals surface area contributed by atoms with Gasteiger partial charge < -0.3 is 14.8 Å². The maximum absolute atomic E-state index is 13.3. The molecule has 1 N–H and O–H groups in total. The van der Waals surface area contributed by atoms with E-state index in [9.17, 15) is 22.4 Å². The minimum atomic E-state index is -4.44. The highest BCUT2D eigenvalue weighted by Crippen LogP contribution is 2.29. The zero-order chi connectivity index (χ0) is 22.9. The van der Waals surface area contributed by atoms with Crippen molar-refractivity contribution in [1.29, 1.82) is 0 Å². The molecule has 0 bridgehead atoms. The van der Waals surface area contributed by atoms with Gasteiger partial charge in [0.2, 0.25) is 0 Å². The predicted octanol–water partition coefficient (Wildman–Crippen LogP) is 4.44. The van der Waals surface area contributed by atoms with E-state index in [0.717, 1.165) is 12.3 Å². The average Bonchev–Trinajstić information content (AvgIpc) is 2.99. The lowest BCUT2D eigenvalue weighted by Crippen LogP contribution is -2.36. The molecular weight excluding hydrogens is 446 g/mol. The van der Waals surface area contributed by atoms with Gasteiger partial charge in [-0.1, -0.05) is 0 Å². The summed E-state index contributed by atoms with van der Waals surface area (Å²) < 4.78 is 53.5. The average molecular weight is 465 g/mol. The summed E-state index contributed by atoms with van der Waals surface area (Å²) in [4.78, 5) is 23.6. The Labute approximate surface area is 186 Å². The van der Waals surface area contributed by atoms with Crippen molar-refractivity contribution < 1.29 is 22.4 Å². The number of carbonyl (C=O) groups is 1. The number of nitrogens with zero attached hydrogens (tertiary/aromatic N) is 4. The lowest BCUT2D eigenvalue weighted by atomic mass is 10.2. The Morgan fingerprint density at radius 1 is 1.03 bits per heavy atom. The van der Waals surface area contributed by atoms with E-state index in [2.05, 4.69) is 9.97 Å². The molecule has 1 aromatic carbocycles. The van der Waals surface area contributed by atoms with Gasteiger partial charge in [0.1, 0.15) is 17.3 Å². The highest BCUT2D eigenvalue weighted by molar-refractivity contribution is 7.71. The highest BCUT2D eigenvalue weighted by atomic mass is 32.1. The van der Waals surface area contributed by atoms with Crippen LogP contribution in [0.3, 0.4) is 0 Å². The second-order valence-electron chi connectivity index (χ2n) is 7.33. The predicted molar refractivity (Wildman–Crippen MR) is 113 cm³/mol. The molecule has 0 saturated carbocycles. The number of amides is 1. The van der Waals surface area contributed by atoms with Crippen molar-refractivity contribution in [1.82, 2.24) is 19.4 Å². The molecule has 32 heavy (non-hydrogen) atoms. The van der Waals surface area contributed by atoms with Crippen LogP contribution in [0.15, 0.2) is 48.8 Å². The van der Waals surface area contributed by atoms with Gasteiger partial charge in [-0.3, -0.25) is 9.36 Å². The number of hydrogen-bond acceptors (Lipinski definition) is 4. The summed E-state index contributed by atoms with van der Waals surface area (Å²) in [7, 11) is 0. The van der Waals surface area contributed by atoms with Crippen molar-refractivity contribution in [2.45, 2.75) is 12.6 Å². The summed E-state index contributed by atoms with van der Waals surface area (Å²) in [5.41, 5.74) is 0.0829. The van der Waals surface area contributed by atoms with Crippen LogP contribution in [0.4, 0.5) is 23.4 Å². The number of rotatable bonds is 3. The van der Waals surface area contributed by atoms with E-state index < -0.39 is 17.6 Å². The molecule has 11 heteroatoms. The van der Waals surface area contributed by atoms with E-state index in [1.165, 1.54) is 36.5 Å². The normalized spacial score (nSPS) is 15.0. The van der Waals surface area contributed by atoms with Gasteiger partial charge in [0, 0.05) is 44.3 Å². The van der Waals surface area contributed by atoms with Crippen LogP contribution in [0, 0.1) is 10.6 Å². The largest absolute Gasteiger partial charge is 0.417 e. The Morgan fingerprint density at radius 2 is 1.78 bits per heavy atom. The molecule has 6 nitrogen and oxygen atoms in total. The van der Waals surface area contributed by atoms with Gasteiger partial charge in [-0.15, -0.1) is 0 Å². The third-order valence-corrected chi connectivity index (χ3v) is 5.56. The van der Waals surface area contributed by atoms with Gasteiger partial charge >= 0.3 is 6.18 Å². The monoisotopic (exact) mass is 465 g/mol. The molecule has 1 aliphatic heterocycles. The summed E-state index contributed by atoms with van der Waals surface area (Å²) in [6, 6.07) is 8.01. The fourth-order valence-electron chi connectivity index (χ4n) is 3.62. The molecule has 0 spiro atoms. The Bertz CT molecular complexity index is 1150. The maximum atomic E-state index is 13.3. The molecule has 4 rings (SSSR count). The molecule has 168 valence electrons. The first-order valence-electron chi connectivity index (χ1n) is 9.88. The lowest BCUT2D eigenvalue weighted by molar-refractivity contribution is -0.137. The van der Waals surface area contributed by atoms with Crippen LogP contribution in [-0.4, -0.2) is 51.5 Å². The van der Waals surface area contributed by atoms with Gasteiger partial charge in [0.15, 0.2) is 4.77 Å². The zero-order valence-electron chi connectivity index (χ0n) is 16.8. The quantitative estimate of drug-likeness (QED) is 0.459. The van der Waals surface area contributed by atoms with Gasteiger partial charge in [0.05, 0.1) is 5.56 Å². The number of imidazole rings is 1. The molecule has 0 unspecified atom stereocenters. The number of anilines is 1. The smallest absolute Gasteiger partial charge is 0.355 e. The minimum absolute atomic E-state index is 0.246. The third-order valence-electron chi connectivity index (χ3n) is 5.26. The van der Waals surface area contributed by atoms with Crippen molar-refractivity contribution >= 4 is 23.9 Å². The van der Waals surface area contributed by atoms with E-state index in [-0.39, 0.29) is 5.91 Å². The molecule has 0 radical (unpaired) electrons. The Kier molecular flexibility index (Phi) is 6.00. The Morgan fingerprint density at radius 3 is 2.44 bits per heavy atom. The zero-order valence-corrected chi connectivity index (χ0v) is 17.6. The van der Waals surface area contributed by atoms with Crippen molar-refractivity contribution in [3.05, 3.63) is 70.6 Å². The van der Waals surface area contributed by atoms with E-state index >= 15 is 0 Å². The summed E-state index contributed by atoms with van der Waals surface area (Å²) in [5.74, 6) is -0.208. The Hall–Kier alpha value is -3.21. The van der Waals surface area contributed by atoms with Gasteiger partial charge in [-0.25, -0.2) is 9.37 Å². The number of pyridine rings is 1. The lowest BCUT2D eigenvalue weighted by Gasteiger charge is -2.23. The molecule has 3 heterocycles. The third kappa shape index (κ3) is 4.52. The standard InChI is InChI=1S/C21H19F4N5OS/c22-15-3-5-16(6-4-15)30-17(13-27-20(30)32)19(31)29-9-1-8-28(10-11-29)18-7-2-14(12-26-18)21(23,24)25/h2-7,12-13H,1,8-11H2,(H,27,32).